The van der Waals surface area contributed by atoms with Gasteiger partial charge in [0.15, 0.2) is 15.6 Å². The third-order valence-corrected chi connectivity index (χ3v) is 4.97. The fourth-order valence-corrected chi connectivity index (χ4v) is 3.35. The number of ketones is 1. The molecular formula is C17H15ClFNO4S. The Kier molecular flexibility index (Phi) is 5.92. The lowest BCUT2D eigenvalue weighted by Gasteiger charge is -2.07. The van der Waals surface area contributed by atoms with Crippen LogP contribution < -0.4 is 5.32 Å². The molecule has 2 rings (SSSR count). The van der Waals surface area contributed by atoms with E-state index in [4.69, 9.17) is 11.6 Å². The molecule has 1 N–H and O–H groups in total. The van der Waals surface area contributed by atoms with Crippen LogP contribution in [0.2, 0.25) is 5.02 Å². The first-order valence-electron chi connectivity index (χ1n) is 7.21. The molecule has 0 aliphatic carbocycles. The summed E-state index contributed by atoms with van der Waals surface area (Å²) < 4.78 is 37.3. The van der Waals surface area contributed by atoms with E-state index >= 15 is 0 Å². The van der Waals surface area contributed by atoms with Gasteiger partial charge in [0.2, 0.25) is 5.91 Å². The van der Waals surface area contributed by atoms with Crippen molar-refractivity contribution in [1.82, 2.24) is 0 Å². The summed E-state index contributed by atoms with van der Waals surface area (Å²) in [5, 5.41) is 2.89. The lowest BCUT2D eigenvalue weighted by Crippen LogP contribution is -2.27. The van der Waals surface area contributed by atoms with Gasteiger partial charge < -0.3 is 5.32 Å². The zero-order valence-electron chi connectivity index (χ0n) is 13.3. The second-order valence-corrected chi connectivity index (χ2v) is 7.98. The molecule has 0 bridgehead atoms. The molecule has 0 saturated carbocycles. The number of carbonyl (C=O) groups is 2. The number of hydrogen-bond donors (Lipinski definition) is 1. The van der Waals surface area contributed by atoms with Crippen molar-refractivity contribution in [3.8, 4) is 0 Å². The van der Waals surface area contributed by atoms with Crippen LogP contribution in [0.15, 0.2) is 42.5 Å². The standard InChI is InChI=1S/C17H15ClFNO4S/c1-11-8-12(2-7-15(11)19)16(21)9-25(23,24)10-17(22)20-14-5-3-13(18)4-6-14/h2-8H,9-10H2,1H3,(H,20,22). The van der Waals surface area contributed by atoms with Crippen molar-refractivity contribution in [2.75, 3.05) is 16.8 Å². The van der Waals surface area contributed by atoms with Crippen LogP contribution in [0.5, 0.6) is 0 Å². The van der Waals surface area contributed by atoms with E-state index in [2.05, 4.69) is 5.32 Å². The van der Waals surface area contributed by atoms with Crippen molar-refractivity contribution in [2.45, 2.75) is 6.92 Å². The topological polar surface area (TPSA) is 80.3 Å². The van der Waals surface area contributed by atoms with Crippen LogP contribution in [-0.2, 0) is 14.6 Å². The molecule has 0 aliphatic rings. The first-order chi connectivity index (χ1) is 11.7. The normalized spacial score (nSPS) is 11.2. The van der Waals surface area contributed by atoms with Crippen LogP contribution in [0.4, 0.5) is 10.1 Å². The van der Waals surface area contributed by atoms with E-state index in [-0.39, 0.29) is 11.1 Å². The number of hydrogen-bond acceptors (Lipinski definition) is 4. The average molecular weight is 384 g/mol. The Labute approximate surface area is 149 Å². The highest BCUT2D eigenvalue weighted by atomic mass is 35.5. The third-order valence-electron chi connectivity index (χ3n) is 3.31. The van der Waals surface area contributed by atoms with Crippen molar-refractivity contribution in [2.24, 2.45) is 0 Å². The highest BCUT2D eigenvalue weighted by molar-refractivity contribution is 7.92. The van der Waals surface area contributed by atoms with Gasteiger partial charge in [0.05, 0.1) is 0 Å². The molecule has 0 radical (unpaired) electrons. The fourth-order valence-electron chi connectivity index (χ4n) is 2.08. The highest BCUT2D eigenvalue weighted by Gasteiger charge is 2.22. The predicted molar refractivity (Wildman–Crippen MR) is 94.2 cm³/mol. The van der Waals surface area contributed by atoms with Crippen LogP contribution in [-0.4, -0.2) is 31.6 Å². The molecule has 5 nitrogen and oxygen atoms in total. The summed E-state index contributed by atoms with van der Waals surface area (Å²) in [6, 6.07) is 9.74. The smallest absolute Gasteiger partial charge is 0.239 e. The van der Waals surface area contributed by atoms with Gasteiger partial charge in [0.25, 0.3) is 0 Å². The van der Waals surface area contributed by atoms with Crippen molar-refractivity contribution in [3.05, 3.63) is 64.4 Å². The maximum atomic E-state index is 13.2. The molecule has 2 aromatic rings. The fraction of sp³-hybridized carbons (Fsp3) is 0.176. The van der Waals surface area contributed by atoms with Crippen molar-refractivity contribution in [3.63, 3.8) is 0 Å². The van der Waals surface area contributed by atoms with Gasteiger partial charge in [0.1, 0.15) is 17.3 Å². The van der Waals surface area contributed by atoms with E-state index < -0.39 is 38.9 Å². The summed E-state index contributed by atoms with van der Waals surface area (Å²) in [4.78, 5) is 23.9. The van der Waals surface area contributed by atoms with E-state index in [9.17, 15) is 22.4 Å². The van der Waals surface area contributed by atoms with Gasteiger partial charge in [-0.2, -0.15) is 0 Å². The molecule has 0 atom stereocenters. The molecule has 0 fully saturated rings. The number of aryl methyl sites for hydroxylation is 1. The van der Waals surface area contributed by atoms with Gasteiger partial charge in [-0.15, -0.1) is 0 Å². The van der Waals surface area contributed by atoms with Crippen molar-refractivity contribution in [1.29, 1.82) is 0 Å². The molecule has 0 heterocycles. The summed E-state index contributed by atoms with van der Waals surface area (Å²) >= 11 is 5.72. The number of nitrogens with one attached hydrogen (secondary N) is 1. The summed E-state index contributed by atoms with van der Waals surface area (Å²) in [7, 11) is -3.96. The van der Waals surface area contributed by atoms with E-state index in [1.54, 1.807) is 12.1 Å². The Bertz CT molecular complexity index is 911. The van der Waals surface area contributed by atoms with E-state index in [0.29, 0.717) is 10.7 Å². The first kappa shape index (κ1) is 19.1. The van der Waals surface area contributed by atoms with Crippen LogP contribution in [0, 0.1) is 12.7 Å². The maximum absolute atomic E-state index is 13.2. The van der Waals surface area contributed by atoms with E-state index in [1.165, 1.54) is 31.2 Å². The minimum absolute atomic E-state index is 0.0839. The lowest BCUT2D eigenvalue weighted by molar-refractivity contribution is -0.113. The van der Waals surface area contributed by atoms with Gasteiger partial charge in [0, 0.05) is 16.3 Å². The summed E-state index contributed by atoms with van der Waals surface area (Å²) in [6.07, 6.45) is 0. The molecule has 1 amide bonds. The summed E-state index contributed by atoms with van der Waals surface area (Å²) in [6.45, 7) is 1.47. The van der Waals surface area contributed by atoms with Gasteiger partial charge >= 0.3 is 0 Å². The second-order valence-electron chi connectivity index (χ2n) is 5.47. The minimum Gasteiger partial charge on any atom is -0.325 e. The first-order valence-corrected chi connectivity index (χ1v) is 9.41. The Morgan fingerprint density at radius 2 is 1.72 bits per heavy atom. The van der Waals surface area contributed by atoms with Gasteiger partial charge in [-0.25, -0.2) is 12.8 Å². The number of halogens is 2. The number of benzene rings is 2. The third kappa shape index (κ3) is 5.65. The van der Waals surface area contributed by atoms with Crippen LogP contribution >= 0.6 is 11.6 Å². The van der Waals surface area contributed by atoms with Crippen molar-refractivity contribution < 1.29 is 22.4 Å². The Hall–Kier alpha value is -2.25. The Morgan fingerprint density at radius 3 is 2.32 bits per heavy atom. The SMILES string of the molecule is Cc1cc(C(=O)CS(=O)(=O)CC(=O)Nc2ccc(Cl)cc2)ccc1F. The molecule has 2 aromatic carbocycles. The molecule has 8 heteroatoms. The van der Waals surface area contributed by atoms with Gasteiger partial charge in [-0.3, -0.25) is 9.59 Å². The highest BCUT2D eigenvalue weighted by Crippen LogP contribution is 2.14. The summed E-state index contributed by atoms with van der Waals surface area (Å²) in [5.74, 6) is -3.59. The molecule has 0 aromatic heterocycles. The number of carbonyl (C=O) groups excluding carboxylic acids is 2. The van der Waals surface area contributed by atoms with Crippen LogP contribution in [0.1, 0.15) is 15.9 Å². The number of Topliss-reactive ketones (excluding diaryl/α,β-unsaturated/α-hetero) is 1. The summed E-state index contributed by atoms with van der Waals surface area (Å²) in [5.41, 5.74) is 0.717. The molecule has 0 unspecified atom stereocenters. The van der Waals surface area contributed by atoms with E-state index in [1.807, 2.05) is 0 Å². The molecule has 132 valence electrons. The largest absolute Gasteiger partial charge is 0.325 e. The number of sulfone groups is 1. The van der Waals surface area contributed by atoms with Crippen molar-refractivity contribution >= 4 is 38.8 Å². The quantitative estimate of drug-likeness (QED) is 0.777. The number of amides is 1. The van der Waals surface area contributed by atoms with Crippen LogP contribution in [0.3, 0.4) is 0 Å². The second kappa shape index (κ2) is 7.76. The molecule has 25 heavy (non-hydrogen) atoms. The Morgan fingerprint density at radius 1 is 1.08 bits per heavy atom. The number of anilines is 1. The number of rotatable bonds is 6. The van der Waals surface area contributed by atoms with Gasteiger partial charge in [-0.05, 0) is 55.0 Å². The maximum Gasteiger partial charge on any atom is 0.239 e. The zero-order chi connectivity index (χ0) is 18.6. The van der Waals surface area contributed by atoms with Gasteiger partial charge in [-0.1, -0.05) is 11.6 Å². The Balaban J connectivity index is 2.00. The molecular weight excluding hydrogens is 369 g/mol. The molecule has 0 aliphatic heterocycles. The zero-order valence-corrected chi connectivity index (χ0v) is 14.8. The minimum atomic E-state index is -3.96. The van der Waals surface area contributed by atoms with E-state index in [0.717, 1.165) is 6.07 Å². The van der Waals surface area contributed by atoms with Crippen LogP contribution in [0.25, 0.3) is 0 Å². The lowest BCUT2D eigenvalue weighted by atomic mass is 10.1. The molecule has 0 saturated heterocycles. The monoisotopic (exact) mass is 383 g/mol. The predicted octanol–water partition coefficient (Wildman–Crippen LogP) is 3.02. The molecule has 0 spiro atoms. The average Bonchev–Trinajstić information content (AvgIpc) is 2.51.